The zero-order valence-electron chi connectivity index (χ0n) is 14.8. The summed E-state index contributed by atoms with van der Waals surface area (Å²) >= 11 is 6.05. The van der Waals surface area contributed by atoms with Crippen molar-refractivity contribution in [3.63, 3.8) is 0 Å². The van der Waals surface area contributed by atoms with Gasteiger partial charge in [-0.25, -0.2) is 12.4 Å². The van der Waals surface area contributed by atoms with Gasteiger partial charge in [0, 0.05) is 22.2 Å². The lowest BCUT2D eigenvalue weighted by atomic mass is 10.2. The smallest absolute Gasteiger partial charge is 0.305 e. The highest BCUT2D eigenvalue weighted by Gasteiger charge is 2.24. The van der Waals surface area contributed by atoms with Crippen LogP contribution in [0, 0.1) is 0 Å². The monoisotopic (exact) mass is 407 g/mol. The number of nitrogens with zero attached hydrogens (tertiary/aromatic N) is 1. The lowest BCUT2D eigenvalue weighted by Crippen LogP contribution is -2.16. The summed E-state index contributed by atoms with van der Waals surface area (Å²) in [5, 5.41) is 1.17. The number of esters is 1. The minimum absolute atomic E-state index is 0.0637. The molecule has 0 unspecified atom stereocenters. The van der Waals surface area contributed by atoms with Crippen molar-refractivity contribution >= 4 is 38.5 Å². The van der Waals surface area contributed by atoms with Gasteiger partial charge >= 0.3 is 5.97 Å². The Hall–Kier alpha value is -2.51. The van der Waals surface area contributed by atoms with E-state index >= 15 is 0 Å². The van der Waals surface area contributed by atoms with Gasteiger partial charge in [0.25, 0.3) is 10.0 Å². The van der Waals surface area contributed by atoms with Crippen LogP contribution in [0.25, 0.3) is 10.9 Å². The molecule has 3 aromatic rings. The van der Waals surface area contributed by atoms with Gasteiger partial charge in [-0.2, -0.15) is 0 Å². The Morgan fingerprint density at radius 1 is 1.11 bits per heavy atom. The number of fused-ring (bicyclic) bond motifs is 1. The average molecular weight is 408 g/mol. The van der Waals surface area contributed by atoms with Crippen LogP contribution in [0.5, 0.6) is 5.75 Å². The molecule has 0 bridgehead atoms. The molecule has 27 heavy (non-hydrogen) atoms. The zero-order valence-corrected chi connectivity index (χ0v) is 16.4. The van der Waals surface area contributed by atoms with Gasteiger partial charge in [-0.1, -0.05) is 17.7 Å². The van der Waals surface area contributed by atoms with E-state index in [9.17, 15) is 13.2 Å². The van der Waals surface area contributed by atoms with Crippen molar-refractivity contribution in [2.24, 2.45) is 0 Å². The Labute approximate surface area is 162 Å². The predicted octanol–water partition coefficient (Wildman–Crippen LogP) is 3.65. The third kappa shape index (κ3) is 3.79. The van der Waals surface area contributed by atoms with Crippen LogP contribution in [-0.2, 0) is 26.0 Å². The summed E-state index contributed by atoms with van der Waals surface area (Å²) in [6.45, 7) is 0. The molecule has 0 spiro atoms. The largest absolute Gasteiger partial charge is 0.497 e. The molecule has 0 aliphatic rings. The van der Waals surface area contributed by atoms with E-state index in [0.29, 0.717) is 27.4 Å². The number of rotatable bonds is 6. The minimum Gasteiger partial charge on any atom is -0.497 e. The van der Waals surface area contributed by atoms with E-state index in [4.69, 9.17) is 16.3 Å². The predicted molar refractivity (Wildman–Crippen MR) is 103 cm³/mol. The first kappa shape index (κ1) is 19.3. The second kappa shape index (κ2) is 7.62. The zero-order chi connectivity index (χ0) is 19.6. The summed E-state index contributed by atoms with van der Waals surface area (Å²) in [6, 6.07) is 12.9. The number of carbonyl (C=O) groups is 1. The maximum atomic E-state index is 13.4. The fraction of sp³-hybridized carbons (Fsp3) is 0.211. The molecule has 0 aliphatic heterocycles. The number of halogens is 1. The quantitative estimate of drug-likeness (QED) is 0.583. The molecule has 0 radical (unpaired) electrons. The highest BCUT2D eigenvalue weighted by atomic mass is 35.5. The maximum Gasteiger partial charge on any atom is 0.305 e. The average Bonchev–Trinajstić information content (AvgIpc) is 3.04. The second-order valence-corrected chi connectivity index (χ2v) is 8.09. The van der Waals surface area contributed by atoms with Crippen molar-refractivity contribution < 1.29 is 22.7 Å². The lowest BCUT2D eigenvalue weighted by Gasteiger charge is -2.13. The van der Waals surface area contributed by atoms with E-state index in [1.807, 2.05) is 0 Å². The van der Waals surface area contributed by atoms with E-state index in [1.54, 1.807) is 36.4 Å². The molecular weight excluding hydrogens is 390 g/mol. The van der Waals surface area contributed by atoms with Gasteiger partial charge in [-0.3, -0.25) is 4.79 Å². The maximum absolute atomic E-state index is 13.4. The van der Waals surface area contributed by atoms with Crippen molar-refractivity contribution in [2.45, 2.75) is 17.7 Å². The lowest BCUT2D eigenvalue weighted by molar-refractivity contribution is -0.140. The summed E-state index contributed by atoms with van der Waals surface area (Å²) in [6.07, 6.45) is 0.274. The summed E-state index contributed by atoms with van der Waals surface area (Å²) in [4.78, 5) is 11.6. The van der Waals surface area contributed by atoms with Gasteiger partial charge in [-0.15, -0.1) is 0 Å². The van der Waals surface area contributed by atoms with Gasteiger partial charge in [0.15, 0.2) is 0 Å². The molecule has 0 amide bonds. The number of carbonyl (C=O) groups excluding carboxylic acids is 1. The summed E-state index contributed by atoms with van der Waals surface area (Å²) < 4.78 is 37.8. The molecule has 0 fully saturated rings. The molecule has 1 heterocycles. The first-order chi connectivity index (χ1) is 12.9. The van der Waals surface area contributed by atoms with Crippen LogP contribution in [0.3, 0.4) is 0 Å². The van der Waals surface area contributed by atoms with Crippen LogP contribution in [0.15, 0.2) is 53.4 Å². The molecule has 6 nitrogen and oxygen atoms in total. The molecule has 0 aliphatic carbocycles. The molecule has 0 saturated carbocycles. The number of aromatic nitrogens is 1. The molecule has 1 aromatic heterocycles. The van der Waals surface area contributed by atoms with Crippen molar-refractivity contribution in [3.05, 3.63) is 59.2 Å². The van der Waals surface area contributed by atoms with E-state index in [-0.39, 0.29) is 17.7 Å². The third-order valence-corrected chi connectivity index (χ3v) is 6.18. The number of aryl methyl sites for hydroxylation is 1. The van der Waals surface area contributed by atoms with E-state index in [2.05, 4.69) is 4.74 Å². The molecule has 0 saturated heterocycles. The first-order valence-corrected chi connectivity index (χ1v) is 9.95. The number of hydrogen-bond acceptors (Lipinski definition) is 5. The summed E-state index contributed by atoms with van der Waals surface area (Å²) in [5.74, 6) is 0.0234. The van der Waals surface area contributed by atoms with Crippen molar-refractivity contribution in [2.75, 3.05) is 14.2 Å². The van der Waals surface area contributed by atoms with E-state index in [1.165, 1.54) is 30.3 Å². The summed E-state index contributed by atoms with van der Waals surface area (Å²) in [7, 11) is -1.14. The fourth-order valence-corrected chi connectivity index (χ4v) is 4.66. The minimum atomic E-state index is -3.91. The summed E-state index contributed by atoms with van der Waals surface area (Å²) in [5.41, 5.74) is 0.961. The Balaban J connectivity index is 2.19. The van der Waals surface area contributed by atoms with Crippen LogP contribution in [-0.4, -0.2) is 32.6 Å². The Kier molecular flexibility index (Phi) is 5.43. The Bertz CT molecular complexity index is 1100. The van der Waals surface area contributed by atoms with Crippen molar-refractivity contribution in [1.82, 2.24) is 3.97 Å². The number of hydrogen-bond donors (Lipinski definition) is 0. The SMILES string of the molecule is COC(=O)CCc1cc2cc(Cl)ccc2n1S(=O)(=O)c1cccc(OC)c1. The van der Waals surface area contributed by atoms with Gasteiger partial charge in [0.05, 0.1) is 31.1 Å². The van der Waals surface area contributed by atoms with E-state index < -0.39 is 16.0 Å². The molecule has 142 valence electrons. The van der Waals surface area contributed by atoms with Gasteiger partial charge < -0.3 is 9.47 Å². The molecule has 8 heteroatoms. The van der Waals surface area contributed by atoms with Gasteiger partial charge in [-0.05, 0) is 42.8 Å². The first-order valence-electron chi connectivity index (χ1n) is 8.13. The van der Waals surface area contributed by atoms with Crippen LogP contribution in [0.1, 0.15) is 12.1 Å². The molecule has 0 N–H and O–H groups in total. The van der Waals surface area contributed by atoms with Gasteiger partial charge in [0.2, 0.25) is 0 Å². The molecule has 0 atom stereocenters. The molecular formula is C19H18ClNO5S. The third-order valence-electron chi connectivity index (χ3n) is 4.18. The molecule has 3 rings (SSSR count). The standard InChI is InChI=1S/C19H18ClNO5S/c1-25-16-4-3-5-17(12-16)27(23,24)21-15(7-9-19(22)26-2)11-13-10-14(20)6-8-18(13)21/h3-6,8,10-12H,7,9H2,1-2H3. The van der Waals surface area contributed by atoms with E-state index in [0.717, 1.165) is 0 Å². The normalized spacial score (nSPS) is 11.5. The van der Waals surface area contributed by atoms with Gasteiger partial charge in [0.1, 0.15) is 5.75 Å². The van der Waals surface area contributed by atoms with Crippen LogP contribution in [0.2, 0.25) is 5.02 Å². The van der Waals surface area contributed by atoms with Crippen LogP contribution in [0.4, 0.5) is 0 Å². The fourth-order valence-electron chi connectivity index (χ4n) is 2.88. The number of methoxy groups -OCH3 is 2. The highest BCUT2D eigenvalue weighted by Crippen LogP contribution is 2.29. The van der Waals surface area contributed by atoms with Crippen LogP contribution >= 0.6 is 11.6 Å². The Morgan fingerprint density at radius 3 is 2.59 bits per heavy atom. The second-order valence-electron chi connectivity index (χ2n) is 5.86. The number of benzene rings is 2. The molecule has 2 aromatic carbocycles. The number of ether oxygens (including phenoxy) is 2. The van der Waals surface area contributed by atoms with Crippen LogP contribution < -0.4 is 4.74 Å². The van der Waals surface area contributed by atoms with Crippen molar-refractivity contribution in [1.29, 1.82) is 0 Å². The highest BCUT2D eigenvalue weighted by molar-refractivity contribution is 7.90. The topological polar surface area (TPSA) is 74.6 Å². The van der Waals surface area contributed by atoms with Crippen molar-refractivity contribution in [3.8, 4) is 5.75 Å². The Morgan fingerprint density at radius 2 is 1.89 bits per heavy atom.